The molecule has 0 saturated carbocycles. The zero-order chi connectivity index (χ0) is 21.8. The number of aromatic nitrogens is 2. The Bertz CT molecular complexity index is 1120. The smallest absolute Gasteiger partial charge is 0.261 e. The monoisotopic (exact) mass is 416 g/mol. The lowest BCUT2D eigenvalue weighted by atomic mass is 10.1. The van der Waals surface area contributed by atoms with E-state index in [1.165, 1.54) is 11.0 Å². The quantitative estimate of drug-likeness (QED) is 0.567. The number of nitrogens with one attached hydrogen (secondary N) is 1. The Morgan fingerprint density at radius 3 is 2.52 bits per heavy atom. The minimum absolute atomic E-state index is 0.269. The normalized spacial score (nSPS) is 12.9. The number of benzene rings is 2. The SMILES string of the molecule is CCCCn1nccc1NC(=O)c1ccc2c(c1)C(=O)N(CCc1ccccc1)C2=O. The standard InChI is InChI=1S/C24H24N4O3/c1-2-3-14-28-21(11-13-25-28)26-22(29)18-9-10-19-20(16-18)24(31)27(23(19)30)15-12-17-7-5-4-6-8-17/h4-11,13,16H,2-3,12,14-15H2,1H3,(H,26,29). The van der Waals surface area contributed by atoms with Crippen LogP contribution in [0.15, 0.2) is 60.8 Å². The fourth-order valence-corrected chi connectivity index (χ4v) is 3.63. The lowest BCUT2D eigenvalue weighted by Crippen LogP contribution is -2.31. The maximum Gasteiger partial charge on any atom is 0.261 e. The highest BCUT2D eigenvalue weighted by Gasteiger charge is 2.35. The number of fused-ring (bicyclic) bond motifs is 1. The Morgan fingerprint density at radius 2 is 1.74 bits per heavy atom. The van der Waals surface area contributed by atoms with E-state index in [1.54, 1.807) is 29.1 Å². The van der Waals surface area contributed by atoms with Crippen molar-refractivity contribution in [2.45, 2.75) is 32.7 Å². The molecule has 2 aromatic carbocycles. The molecular formula is C24H24N4O3. The lowest BCUT2D eigenvalue weighted by molar-refractivity contribution is 0.0656. The molecule has 0 bridgehead atoms. The van der Waals surface area contributed by atoms with Gasteiger partial charge < -0.3 is 5.32 Å². The Kier molecular flexibility index (Phi) is 5.93. The highest BCUT2D eigenvalue weighted by atomic mass is 16.2. The van der Waals surface area contributed by atoms with E-state index in [1.807, 2.05) is 30.3 Å². The summed E-state index contributed by atoms with van der Waals surface area (Å²) in [5, 5.41) is 7.07. The maximum absolute atomic E-state index is 12.9. The Labute approximate surface area is 180 Å². The molecule has 2 heterocycles. The van der Waals surface area contributed by atoms with Crippen molar-refractivity contribution in [2.75, 3.05) is 11.9 Å². The van der Waals surface area contributed by atoms with Crippen LogP contribution in [0.2, 0.25) is 0 Å². The predicted octanol–water partition coefficient (Wildman–Crippen LogP) is 3.77. The van der Waals surface area contributed by atoms with Gasteiger partial charge in [0.1, 0.15) is 5.82 Å². The zero-order valence-electron chi connectivity index (χ0n) is 17.4. The summed E-state index contributed by atoms with van der Waals surface area (Å²) < 4.78 is 1.74. The van der Waals surface area contributed by atoms with Gasteiger partial charge in [-0.2, -0.15) is 5.10 Å². The lowest BCUT2D eigenvalue weighted by Gasteiger charge is -2.13. The van der Waals surface area contributed by atoms with Gasteiger partial charge in [-0.1, -0.05) is 43.7 Å². The van der Waals surface area contributed by atoms with E-state index >= 15 is 0 Å². The van der Waals surface area contributed by atoms with E-state index in [4.69, 9.17) is 0 Å². The second kappa shape index (κ2) is 8.95. The predicted molar refractivity (Wildman–Crippen MR) is 117 cm³/mol. The number of aryl methyl sites for hydroxylation is 1. The third kappa shape index (κ3) is 4.26. The first-order valence-corrected chi connectivity index (χ1v) is 10.5. The number of nitrogens with zero attached hydrogens (tertiary/aromatic N) is 3. The first-order valence-electron chi connectivity index (χ1n) is 10.5. The highest BCUT2D eigenvalue weighted by molar-refractivity contribution is 6.22. The molecule has 3 aromatic rings. The molecule has 0 spiro atoms. The molecule has 7 nitrogen and oxygen atoms in total. The van der Waals surface area contributed by atoms with Crippen molar-refractivity contribution >= 4 is 23.5 Å². The van der Waals surface area contributed by atoms with Crippen LogP contribution in [0.1, 0.15) is 56.4 Å². The van der Waals surface area contributed by atoms with E-state index < -0.39 is 0 Å². The van der Waals surface area contributed by atoms with Gasteiger partial charge in [0.05, 0.1) is 17.3 Å². The van der Waals surface area contributed by atoms with E-state index in [0.29, 0.717) is 36.5 Å². The molecule has 3 amide bonds. The average molecular weight is 416 g/mol. The van der Waals surface area contributed by atoms with Crippen molar-refractivity contribution in [3.8, 4) is 0 Å². The van der Waals surface area contributed by atoms with Crippen molar-refractivity contribution in [1.29, 1.82) is 0 Å². The molecule has 158 valence electrons. The number of hydrogen-bond donors (Lipinski definition) is 1. The van der Waals surface area contributed by atoms with Gasteiger partial charge in [-0.15, -0.1) is 0 Å². The minimum Gasteiger partial charge on any atom is -0.307 e. The number of carbonyl (C=O) groups excluding carboxylic acids is 3. The molecule has 0 aliphatic carbocycles. The van der Waals surface area contributed by atoms with Gasteiger partial charge >= 0.3 is 0 Å². The van der Waals surface area contributed by atoms with Gasteiger partial charge in [-0.25, -0.2) is 4.68 Å². The Hall–Kier alpha value is -3.74. The molecular weight excluding hydrogens is 392 g/mol. The maximum atomic E-state index is 12.9. The molecule has 0 atom stereocenters. The van der Waals surface area contributed by atoms with Crippen LogP contribution in [-0.4, -0.2) is 38.9 Å². The zero-order valence-corrected chi connectivity index (χ0v) is 17.4. The van der Waals surface area contributed by atoms with E-state index in [0.717, 1.165) is 18.4 Å². The van der Waals surface area contributed by atoms with Crippen LogP contribution in [-0.2, 0) is 13.0 Å². The third-order valence-electron chi connectivity index (χ3n) is 5.38. The van der Waals surface area contributed by atoms with Crippen LogP contribution >= 0.6 is 0 Å². The molecule has 1 aliphatic heterocycles. The summed E-state index contributed by atoms with van der Waals surface area (Å²) in [7, 11) is 0. The second-order valence-electron chi connectivity index (χ2n) is 7.51. The summed E-state index contributed by atoms with van der Waals surface area (Å²) in [5.74, 6) is -0.422. The van der Waals surface area contributed by atoms with Gasteiger partial charge in [0.25, 0.3) is 17.7 Å². The third-order valence-corrected chi connectivity index (χ3v) is 5.38. The molecule has 0 unspecified atom stereocenters. The van der Waals surface area contributed by atoms with Crippen molar-refractivity contribution in [3.05, 3.63) is 83.0 Å². The first kappa shape index (κ1) is 20.5. The topological polar surface area (TPSA) is 84.3 Å². The molecule has 1 N–H and O–H groups in total. The van der Waals surface area contributed by atoms with Gasteiger partial charge in [0, 0.05) is 24.7 Å². The van der Waals surface area contributed by atoms with Crippen molar-refractivity contribution in [2.24, 2.45) is 0 Å². The summed E-state index contributed by atoms with van der Waals surface area (Å²) in [6, 6.07) is 16.1. The number of amides is 3. The Morgan fingerprint density at radius 1 is 0.968 bits per heavy atom. The number of carbonyl (C=O) groups is 3. The number of imide groups is 1. The van der Waals surface area contributed by atoms with Crippen molar-refractivity contribution in [1.82, 2.24) is 14.7 Å². The van der Waals surface area contributed by atoms with Gasteiger partial charge in [-0.05, 0) is 36.6 Å². The summed E-state index contributed by atoms with van der Waals surface area (Å²) in [6.45, 7) is 3.11. The van der Waals surface area contributed by atoms with Crippen LogP contribution in [0, 0.1) is 0 Å². The molecule has 31 heavy (non-hydrogen) atoms. The van der Waals surface area contributed by atoms with E-state index in [9.17, 15) is 14.4 Å². The minimum atomic E-state index is -0.362. The molecule has 0 radical (unpaired) electrons. The average Bonchev–Trinajstić information content (AvgIpc) is 3.33. The van der Waals surface area contributed by atoms with Crippen LogP contribution in [0.4, 0.5) is 5.82 Å². The molecule has 1 aliphatic rings. The molecule has 0 fully saturated rings. The summed E-state index contributed by atoms with van der Waals surface area (Å²) >= 11 is 0. The molecule has 7 heteroatoms. The fraction of sp³-hybridized carbons (Fsp3) is 0.250. The van der Waals surface area contributed by atoms with Crippen molar-refractivity contribution in [3.63, 3.8) is 0 Å². The van der Waals surface area contributed by atoms with Gasteiger partial charge in [0.15, 0.2) is 0 Å². The second-order valence-corrected chi connectivity index (χ2v) is 7.51. The summed E-state index contributed by atoms with van der Waals surface area (Å²) in [6.07, 6.45) is 4.20. The molecule has 4 rings (SSSR count). The largest absolute Gasteiger partial charge is 0.307 e. The number of anilines is 1. The van der Waals surface area contributed by atoms with Crippen molar-refractivity contribution < 1.29 is 14.4 Å². The van der Waals surface area contributed by atoms with E-state index in [-0.39, 0.29) is 23.3 Å². The Balaban J connectivity index is 1.48. The number of rotatable bonds is 8. The first-order chi connectivity index (χ1) is 15.1. The van der Waals surface area contributed by atoms with Gasteiger partial charge in [0.2, 0.25) is 0 Å². The van der Waals surface area contributed by atoms with Crippen LogP contribution in [0.3, 0.4) is 0 Å². The highest BCUT2D eigenvalue weighted by Crippen LogP contribution is 2.25. The fourth-order valence-electron chi connectivity index (χ4n) is 3.63. The van der Waals surface area contributed by atoms with E-state index in [2.05, 4.69) is 17.3 Å². The van der Waals surface area contributed by atoms with Crippen LogP contribution < -0.4 is 5.32 Å². The number of unbranched alkanes of at least 4 members (excludes halogenated alkanes) is 1. The van der Waals surface area contributed by atoms with Crippen LogP contribution in [0.5, 0.6) is 0 Å². The molecule has 1 aromatic heterocycles. The van der Waals surface area contributed by atoms with Gasteiger partial charge in [-0.3, -0.25) is 19.3 Å². The molecule has 0 saturated heterocycles. The summed E-state index contributed by atoms with van der Waals surface area (Å²) in [5.41, 5.74) is 1.99. The number of hydrogen-bond acceptors (Lipinski definition) is 4. The summed E-state index contributed by atoms with van der Waals surface area (Å²) in [4.78, 5) is 39.6. The van der Waals surface area contributed by atoms with Crippen LogP contribution in [0.25, 0.3) is 0 Å².